The lowest BCUT2D eigenvalue weighted by Gasteiger charge is -2.17. The second-order valence-corrected chi connectivity index (χ2v) is 3.13. The average Bonchev–Trinajstić information content (AvgIpc) is 2.00. The summed E-state index contributed by atoms with van der Waals surface area (Å²) in [6.45, 7) is 6.29. The van der Waals surface area contributed by atoms with Gasteiger partial charge in [0.15, 0.2) is 0 Å². The predicted octanol–water partition coefficient (Wildman–Crippen LogP) is 3.12. The van der Waals surface area contributed by atoms with Crippen molar-refractivity contribution in [3.05, 3.63) is 0 Å². The van der Waals surface area contributed by atoms with E-state index in [0.29, 0.717) is 0 Å². The van der Waals surface area contributed by atoms with E-state index in [2.05, 4.69) is 19.9 Å². The largest absolute Gasteiger partial charge is 0.198 e. The van der Waals surface area contributed by atoms with Crippen LogP contribution in [0.5, 0.6) is 0 Å². The second kappa shape index (κ2) is 4.33. The number of nitriles is 1. The summed E-state index contributed by atoms with van der Waals surface area (Å²) < 4.78 is 0. The Balaban J connectivity index is 3.72. The van der Waals surface area contributed by atoms with E-state index in [0.717, 1.165) is 12.8 Å². The van der Waals surface area contributed by atoms with Crippen LogP contribution in [0.1, 0.15) is 46.5 Å². The van der Waals surface area contributed by atoms with Crippen LogP contribution < -0.4 is 0 Å². The molecule has 0 aromatic heterocycles. The molecular formula is C9H17N. The van der Waals surface area contributed by atoms with Crippen LogP contribution in [0.2, 0.25) is 0 Å². The fraction of sp³-hybridized carbons (Fsp3) is 0.889. The van der Waals surface area contributed by atoms with Gasteiger partial charge in [-0.15, -0.1) is 0 Å². The number of rotatable bonds is 4. The minimum atomic E-state index is -0.0595. The van der Waals surface area contributed by atoms with Crippen LogP contribution in [0.25, 0.3) is 0 Å². The summed E-state index contributed by atoms with van der Waals surface area (Å²) in [5.74, 6) is 0. The Morgan fingerprint density at radius 2 is 2.00 bits per heavy atom. The maximum atomic E-state index is 8.76. The minimum Gasteiger partial charge on any atom is -0.198 e. The third-order valence-corrected chi connectivity index (χ3v) is 2.13. The zero-order valence-electron chi connectivity index (χ0n) is 7.28. The predicted molar refractivity (Wildman–Crippen MR) is 43.5 cm³/mol. The number of unbranched alkanes of at least 4 members (excludes halogenated alkanes) is 1. The molecule has 0 spiro atoms. The fourth-order valence-corrected chi connectivity index (χ4v) is 0.879. The van der Waals surface area contributed by atoms with Crippen molar-refractivity contribution in [3.63, 3.8) is 0 Å². The quantitative estimate of drug-likeness (QED) is 0.587. The summed E-state index contributed by atoms with van der Waals surface area (Å²) in [4.78, 5) is 0. The van der Waals surface area contributed by atoms with Gasteiger partial charge in [-0.2, -0.15) is 5.26 Å². The highest BCUT2D eigenvalue weighted by Crippen LogP contribution is 2.26. The Labute approximate surface area is 64.1 Å². The molecule has 0 rings (SSSR count). The molecule has 0 amide bonds. The van der Waals surface area contributed by atoms with Crippen molar-refractivity contribution in [2.75, 3.05) is 0 Å². The third kappa shape index (κ3) is 2.87. The number of hydrogen-bond acceptors (Lipinski definition) is 1. The SMILES string of the molecule is CCCCC(C)(C#N)CC. The minimum absolute atomic E-state index is 0.0595. The first kappa shape index (κ1) is 9.49. The number of hydrogen-bond donors (Lipinski definition) is 0. The van der Waals surface area contributed by atoms with Gasteiger partial charge >= 0.3 is 0 Å². The molecule has 0 aliphatic carbocycles. The third-order valence-electron chi connectivity index (χ3n) is 2.13. The van der Waals surface area contributed by atoms with E-state index in [1.54, 1.807) is 0 Å². The highest BCUT2D eigenvalue weighted by atomic mass is 14.3. The van der Waals surface area contributed by atoms with E-state index >= 15 is 0 Å². The topological polar surface area (TPSA) is 23.8 Å². The van der Waals surface area contributed by atoms with Gasteiger partial charge in [-0.1, -0.05) is 26.7 Å². The second-order valence-electron chi connectivity index (χ2n) is 3.13. The van der Waals surface area contributed by atoms with Crippen molar-refractivity contribution < 1.29 is 0 Å². The molecule has 1 heteroatoms. The van der Waals surface area contributed by atoms with Crippen LogP contribution in [-0.4, -0.2) is 0 Å². The van der Waals surface area contributed by atoms with Gasteiger partial charge in [-0.05, 0) is 19.8 Å². The molecule has 58 valence electrons. The maximum absolute atomic E-state index is 8.76. The maximum Gasteiger partial charge on any atom is 0.0686 e. The molecule has 0 aliphatic heterocycles. The van der Waals surface area contributed by atoms with Crippen molar-refractivity contribution in [2.24, 2.45) is 5.41 Å². The van der Waals surface area contributed by atoms with Crippen molar-refractivity contribution in [1.29, 1.82) is 5.26 Å². The lowest BCUT2D eigenvalue weighted by atomic mass is 9.84. The summed E-state index contributed by atoms with van der Waals surface area (Å²) in [6, 6.07) is 2.36. The zero-order chi connectivity index (χ0) is 8.04. The van der Waals surface area contributed by atoms with Crippen molar-refractivity contribution in [2.45, 2.75) is 46.5 Å². The van der Waals surface area contributed by atoms with Gasteiger partial charge in [0, 0.05) is 0 Å². The Bertz CT molecular complexity index is 123. The summed E-state index contributed by atoms with van der Waals surface area (Å²) in [5.41, 5.74) is -0.0595. The molecule has 0 heterocycles. The van der Waals surface area contributed by atoms with Crippen molar-refractivity contribution in [3.8, 4) is 6.07 Å². The van der Waals surface area contributed by atoms with Gasteiger partial charge in [0.2, 0.25) is 0 Å². The highest BCUT2D eigenvalue weighted by molar-refractivity contribution is 4.93. The molecule has 0 N–H and O–H groups in total. The zero-order valence-corrected chi connectivity index (χ0v) is 7.28. The molecule has 0 aromatic carbocycles. The average molecular weight is 139 g/mol. The first-order valence-electron chi connectivity index (χ1n) is 4.09. The Morgan fingerprint density at radius 3 is 2.30 bits per heavy atom. The molecule has 0 bridgehead atoms. The lowest BCUT2D eigenvalue weighted by Crippen LogP contribution is -2.11. The van der Waals surface area contributed by atoms with E-state index in [1.807, 2.05) is 6.92 Å². The summed E-state index contributed by atoms with van der Waals surface area (Å²) in [7, 11) is 0. The standard InChI is InChI=1S/C9H17N/c1-4-6-7-9(3,5-2)8-10/h4-7H2,1-3H3. The van der Waals surface area contributed by atoms with Gasteiger partial charge in [0.1, 0.15) is 0 Å². The lowest BCUT2D eigenvalue weighted by molar-refractivity contribution is 0.376. The first-order chi connectivity index (χ1) is 4.68. The van der Waals surface area contributed by atoms with Crippen LogP contribution in [0.3, 0.4) is 0 Å². The Morgan fingerprint density at radius 1 is 1.40 bits per heavy atom. The van der Waals surface area contributed by atoms with Gasteiger partial charge in [-0.3, -0.25) is 0 Å². The Hall–Kier alpha value is -0.510. The molecule has 1 atom stereocenters. The normalized spacial score (nSPS) is 15.8. The molecule has 1 unspecified atom stereocenters. The van der Waals surface area contributed by atoms with Crippen LogP contribution in [-0.2, 0) is 0 Å². The molecule has 0 aliphatic rings. The van der Waals surface area contributed by atoms with Gasteiger partial charge in [-0.25, -0.2) is 0 Å². The number of nitrogens with zero attached hydrogens (tertiary/aromatic N) is 1. The summed E-state index contributed by atoms with van der Waals surface area (Å²) in [5, 5.41) is 8.76. The smallest absolute Gasteiger partial charge is 0.0686 e. The van der Waals surface area contributed by atoms with Crippen molar-refractivity contribution >= 4 is 0 Å². The molecule has 0 aromatic rings. The van der Waals surface area contributed by atoms with Gasteiger partial charge < -0.3 is 0 Å². The molecule has 0 saturated carbocycles. The first-order valence-corrected chi connectivity index (χ1v) is 4.09. The van der Waals surface area contributed by atoms with E-state index in [4.69, 9.17) is 5.26 Å². The van der Waals surface area contributed by atoms with E-state index in [1.165, 1.54) is 12.8 Å². The van der Waals surface area contributed by atoms with Crippen molar-refractivity contribution in [1.82, 2.24) is 0 Å². The van der Waals surface area contributed by atoms with E-state index in [9.17, 15) is 0 Å². The fourth-order valence-electron chi connectivity index (χ4n) is 0.879. The monoisotopic (exact) mass is 139 g/mol. The van der Waals surface area contributed by atoms with E-state index < -0.39 is 0 Å². The van der Waals surface area contributed by atoms with Gasteiger partial charge in [0.05, 0.1) is 11.5 Å². The van der Waals surface area contributed by atoms with Crippen LogP contribution in [0.15, 0.2) is 0 Å². The van der Waals surface area contributed by atoms with Crippen LogP contribution >= 0.6 is 0 Å². The molecule has 0 radical (unpaired) electrons. The highest BCUT2D eigenvalue weighted by Gasteiger charge is 2.19. The van der Waals surface area contributed by atoms with Crippen LogP contribution in [0, 0.1) is 16.7 Å². The molecule has 0 fully saturated rings. The molecule has 0 saturated heterocycles. The summed E-state index contributed by atoms with van der Waals surface area (Å²) >= 11 is 0. The van der Waals surface area contributed by atoms with Gasteiger partial charge in [0.25, 0.3) is 0 Å². The molecule has 10 heavy (non-hydrogen) atoms. The molecule has 1 nitrogen and oxygen atoms in total. The van der Waals surface area contributed by atoms with Crippen LogP contribution in [0.4, 0.5) is 0 Å². The Kier molecular flexibility index (Phi) is 4.11. The summed E-state index contributed by atoms with van der Waals surface area (Å²) in [6.07, 6.45) is 4.40. The molecular weight excluding hydrogens is 122 g/mol. The van der Waals surface area contributed by atoms with E-state index in [-0.39, 0.29) is 5.41 Å².